The molecule has 0 amide bonds. The zero-order valence-corrected chi connectivity index (χ0v) is 11.5. The minimum Gasteiger partial charge on any atom is -0.387 e. The summed E-state index contributed by atoms with van der Waals surface area (Å²) >= 11 is 5.57. The van der Waals surface area contributed by atoms with Crippen LogP contribution in [-0.2, 0) is 0 Å². The first kappa shape index (κ1) is 15.2. The van der Waals surface area contributed by atoms with Crippen molar-refractivity contribution >= 4 is 23.0 Å². The van der Waals surface area contributed by atoms with Crippen LogP contribution in [0.5, 0.6) is 0 Å². The van der Waals surface area contributed by atoms with Gasteiger partial charge in [-0.05, 0) is 23.8 Å². The monoisotopic (exact) mass is 310 g/mol. The molecule has 0 spiro atoms. The summed E-state index contributed by atoms with van der Waals surface area (Å²) in [5.74, 6) is -0.626. The number of nitrogens with one attached hydrogen (secondary N) is 1. The molecule has 1 atom stereocenters. The third kappa shape index (κ3) is 3.68. The third-order valence-electron chi connectivity index (χ3n) is 2.92. The number of hydrogen-bond acceptors (Lipinski definition) is 4. The van der Waals surface area contributed by atoms with Crippen LogP contribution in [0.15, 0.2) is 42.5 Å². The fraction of sp³-hybridized carbons (Fsp3) is 0.143. The number of aliphatic hydroxyl groups is 1. The van der Waals surface area contributed by atoms with Gasteiger partial charge >= 0.3 is 0 Å². The summed E-state index contributed by atoms with van der Waals surface area (Å²) < 4.78 is 13.3. The fourth-order valence-corrected chi connectivity index (χ4v) is 1.94. The Labute approximate surface area is 125 Å². The summed E-state index contributed by atoms with van der Waals surface area (Å²) in [5, 5.41) is 23.6. The Morgan fingerprint density at radius 3 is 2.71 bits per heavy atom. The molecule has 2 N–H and O–H groups in total. The van der Waals surface area contributed by atoms with E-state index in [9.17, 15) is 19.6 Å². The highest BCUT2D eigenvalue weighted by molar-refractivity contribution is 6.30. The van der Waals surface area contributed by atoms with Gasteiger partial charge in [0, 0.05) is 12.6 Å². The second-order valence-corrected chi connectivity index (χ2v) is 4.75. The van der Waals surface area contributed by atoms with Crippen molar-refractivity contribution < 1.29 is 14.4 Å². The van der Waals surface area contributed by atoms with E-state index in [0.29, 0.717) is 5.56 Å². The molecule has 0 fully saturated rings. The van der Waals surface area contributed by atoms with E-state index in [2.05, 4.69) is 5.32 Å². The van der Waals surface area contributed by atoms with Crippen LogP contribution in [0.1, 0.15) is 11.7 Å². The van der Waals surface area contributed by atoms with Crippen LogP contribution in [0, 0.1) is 15.9 Å². The maximum atomic E-state index is 13.3. The van der Waals surface area contributed by atoms with Crippen LogP contribution in [0.2, 0.25) is 5.02 Å². The van der Waals surface area contributed by atoms with Crippen LogP contribution in [0.4, 0.5) is 15.8 Å². The maximum Gasteiger partial charge on any atom is 0.292 e. The van der Waals surface area contributed by atoms with Crippen molar-refractivity contribution in [2.75, 3.05) is 11.9 Å². The van der Waals surface area contributed by atoms with Gasteiger partial charge in [0.1, 0.15) is 11.5 Å². The van der Waals surface area contributed by atoms with E-state index in [-0.39, 0.29) is 22.9 Å². The Balaban J connectivity index is 2.09. The minimum absolute atomic E-state index is 0.00588. The van der Waals surface area contributed by atoms with Crippen molar-refractivity contribution in [1.82, 2.24) is 0 Å². The van der Waals surface area contributed by atoms with Crippen molar-refractivity contribution in [3.63, 3.8) is 0 Å². The van der Waals surface area contributed by atoms with Gasteiger partial charge in [0.25, 0.3) is 5.69 Å². The van der Waals surface area contributed by atoms with E-state index in [1.54, 1.807) is 12.1 Å². The van der Waals surface area contributed by atoms with Crippen molar-refractivity contribution in [1.29, 1.82) is 0 Å². The normalized spacial score (nSPS) is 12.0. The summed E-state index contributed by atoms with van der Waals surface area (Å²) in [5.41, 5.74) is 0.533. The van der Waals surface area contributed by atoms with Gasteiger partial charge < -0.3 is 10.4 Å². The lowest BCUT2D eigenvalue weighted by Crippen LogP contribution is -2.13. The first-order chi connectivity index (χ1) is 9.99. The first-order valence-corrected chi connectivity index (χ1v) is 6.47. The maximum absolute atomic E-state index is 13.3. The fourth-order valence-electron chi connectivity index (χ4n) is 1.83. The SMILES string of the molecule is O=[N+]([O-])c1ccccc1NCC(O)c1ccc(Cl)c(F)c1. The zero-order valence-electron chi connectivity index (χ0n) is 10.8. The number of aliphatic hydroxyl groups excluding tert-OH is 1. The molecule has 2 rings (SSSR count). The number of anilines is 1. The molecule has 7 heteroatoms. The lowest BCUT2D eigenvalue weighted by Gasteiger charge is -2.13. The largest absolute Gasteiger partial charge is 0.387 e. The van der Waals surface area contributed by atoms with E-state index in [1.807, 2.05) is 0 Å². The average Bonchev–Trinajstić information content (AvgIpc) is 2.47. The number of halogens is 2. The predicted octanol–water partition coefficient (Wildman–Crippen LogP) is 3.53. The number of nitro benzene ring substituents is 1. The second kappa shape index (κ2) is 6.51. The third-order valence-corrected chi connectivity index (χ3v) is 3.22. The molecule has 0 aliphatic carbocycles. The molecule has 21 heavy (non-hydrogen) atoms. The molecule has 110 valence electrons. The standard InChI is InChI=1S/C14H12ClFN2O3/c15-10-6-5-9(7-11(10)16)14(19)8-17-12-3-1-2-4-13(12)18(20)21/h1-7,14,17,19H,8H2. The highest BCUT2D eigenvalue weighted by atomic mass is 35.5. The molecule has 0 radical (unpaired) electrons. The molecule has 1 unspecified atom stereocenters. The number of hydrogen-bond donors (Lipinski definition) is 2. The van der Waals surface area contributed by atoms with Gasteiger partial charge in [-0.3, -0.25) is 10.1 Å². The molecule has 0 heterocycles. The Morgan fingerprint density at radius 1 is 1.33 bits per heavy atom. The van der Waals surface area contributed by atoms with Crippen LogP contribution < -0.4 is 5.32 Å². The van der Waals surface area contributed by atoms with Gasteiger partial charge in [-0.15, -0.1) is 0 Å². The summed E-state index contributed by atoms with van der Waals surface area (Å²) in [6, 6.07) is 10.1. The summed E-state index contributed by atoms with van der Waals surface area (Å²) in [7, 11) is 0. The van der Waals surface area contributed by atoms with Gasteiger partial charge in [-0.1, -0.05) is 29.8 Å². The minimum atomic E-state index is -1.02. The van der Waals surface area contributed by atoms with Crippen LogP contribution in [-0.4, -0.2) is 16.6 Å². The summed E-state index contributed by atoms with van der Waals surface area (Å²) in [6.45, 7) is 0.00588. The number of nitrogens with zero attached hydrogens (tertiary/aromatic N) is 1. The molecule has 0 aromatic heterocycles. The highest BCUT2D eigenvalue weighted by Crippen LogP contribution is 2.25. The molecule has 0 bridgehead atoms. The van der Waals surface area contributed by atoms with Crippen LogP contribution in [0.3, 0.4) is 0 Å². The first-order valence-electron chi connectivity index (χ1n) is 6.09. The smallest absolute Gasteiger partial charge is 0.292 e. The summed E-state index contributed by atoms with van der Waals surface area (Å²) in [6.07, 6.45) is -1.02. The Morgan fingerprint density at radius 2 is 2.05 bits per heavy atom. The predicted molar refractivity (Wildman–Crippen MR) is 78.0 cm³/mol. The van der Waals surface area contributed by atoms with E-state index < -0.39 is 16.8 Å². The molecule has 5 nitrogen and oxygen atoms in total. The number of rotatable bonds is 5. The molecule has 0 saturated heterocycles. The van der Waals surface area contributed by atoms with Gasteiger partial charge in [0.15, 0.2) is 0 Å². The molecular formula is C14H12ClFN2O3. The number of para-hydroxylation sites is 2. The van der Waals surface area contributed by atoms with E-state index in [0.717, 1.165) is 6.07 Å². The zero-order chi connectivity index (χ0) is 15.4. The van der Waals surface area contributed by atoms with Crippen molar-refractivity contribution in [2.24, 2.45) is 0 Å². The average molecular weight is 311 g/mol. The molecule has 0 aliphatic rings. The molecular weight excluding hydrogens is 299 g/mol. The summed E-state index contributed by atoms with van der Waals surface area (Å²) in [4.78, 5) is 10.3. The quantitative estimate of drug-likeness (QED) is 0.654. The van der Waals surface area contributed by atoms with Gasteiger partial charge in [0.2, 0.25) is 0 Å². The van der Waals surface area contributed by atoms with Crippen molar-refractivity contribution in [3.8, 4) is 0 Å². The van der Waals surface area contributed by atoms with E-state index in [4.69, 9.17) is 11.6 Å². The lowest BCUT2D eigenvalue weighted by atomic mass is 10.1. The van der Waals surface area contributed by atoms with E-state index >= 15 is 0 Å². The number of benzene rings is 2. The Hall–Kier alpha value is -2.18. The van der Waals surface area contributed by atoms with Crippen LogP contribution >= 0.6 is 11.6 Å². The van der Waals surface area contributed by atoms with Gasteiger partial charge in [-0.25, -0.2) is 4.39 Å². The molecule has 0 aliphatic heterocycles. The van der Waals surface area contributed by atoms with Gasteiger partial charge in [0.05, 0.1) is 16.0 Å². The molecule has 2 aromatic carbocycles. The van der Waals surface area contributed by atoms with Crippen LogP contribution in [0.25, 0.3) is 0 Å². The topological polar surface area (TPSA) is 75.4 Å². The second-order valence-electron chi connectivity index (χ2n) is 4.34. The van der Waals surface area contributed by atoms with Gasteiger partial charge in [-0.2, -0.15) is 0 Å². The highest BCUT2D eigenvalue weighted by Gasteiger charge is 2.15. The van der Waals surface area contributed by atoms with Crippen molar-refractivity contribution in [3.05, 3.63) is 69.0 Å². The Kier molecular flexibility index (Phi) is 4.72. The molecule has 0 saturated carbocycles. The number of nitro groups is 1. The molecule has 2 aromatic rings. The van der Waals surface area contributed by atoms with E-state index in [1.165, 1.54) is 24.3 Å². The lowest BCUT2D eigenvalue weighted by molar-refractivity contribution is -0.384. The van der Waals surface area contributed by atoms with Crippen molar-refractivity contribution in [2.45, 2.75) is 6.10 Å². The Bertz CT molecular complexity index is 666.